The van der Waals surface area contributed by atoms with Gasteiger partial charge in [-0.25, -0.2) is 0 Å². The minimum Gasteiger partial charge on any atom is -0.374 e. The Balaban J connectivity index is 2.29. The van der Waals surface area contributed by atoms with Gasteiger partial charge in [-0.1, -0.05) is 47.1 Å². The Hall–Kier alpha value is -1.16. The predicted octanol–water partition coefficient (Wildman–Crippen LogP) is 5.32. The van der Waals surface area contributed by atoms with Crippen LogP contribution in [0.5, 0.6) is 0 Å². The fourth-order valence-electron chi connectivity index (χ4n) is 2.19. The lowest BCUT2D eigenvalue weighted by Crippen LogP contribution is -2.16. The molecular formula is C17H17Cl2NOS. The van der Waals surface area contributed by atoms with Gasteiger partial charge >= 0.3 is 0 Å². The summed E-state index contributed by atoms with van der Waals surface area (Å²) < 4.78 is 0. The van der Waals surface area contributed by atoms with Crippen LogP contribution in [-0.2, 0) is 11.2 Å². The molecule has 0 radical (unpaired) electrons. The Bertz CT molecular complexity index is 676. The molecule has 0 N–H and O–H groups in total. The Morgan fingerprint density at radius 1 is 1.09 bits per heavy atom. The van der Waals surface area contributed by atoms with E-state index >= 15 is 0 Å². The first-order valence-electron chi connectivity index (χ1n) is 6.93. The number of carbonyl (C=O) groups is 1. The fraction of sp³-hybridized carbons (Fsp3) is 0.235. The maximum absolute atomic E-state index is 10.9. The summed E-state index contributed by atoms with van der Waals surface area (Å²) in [6.45, 7) is 2.97. The highest BCUT2D eigenvalue weighted by molar-refractivity contribution is 8.12. The van der Waals surface area contributed by atoms with Crippen LogP contribution in [0.2, 0.25) is 10.0 Å². The Labute approximate surface area is 145 Å². The largest absolute Gasteiger partial charge is 0.374 e. The number of thioether (sulfide) groups is 1. The molecule has 0 bridgehead atoms. The van der Waals surface area contributed by atoms with Crippen LogP contribution < -0.4 is 4.90 Å². The zero-order valence-electron chi connectivity index (χ0n) is 12.5. The standard InChI is InChI=1S/C17H17Cl2NOS/c1-3-20(2)16-7-5-13(10-17(16)22-11-21)8-12-4-6-14(18)15(19)9-12/h4-7,9-11H,3,8H2,1-2H3. The first-order chi connectivity index (χ1) is 10.5. The maximum Gasteiger partial charge on any atom is 0.181 e. The van der Waals surface area contributed by atoms with Crippen LogP contribution in [-0.4, -0.2) is 19.2 Å². The quantitative estimate of drug-likeness (QED) is 0.517. The van der Waals surface area contributed by atoms with E-state index in [0.717, 1.165) is 40.3 Å². The van der Waals surface area contributed by atoms with Crippen LogP contribution in [0.1, 0.15) is 18.1 Å². The molecule has 0 aliphatic carbocycles. The van der Waals surface area contributed by atoms with Crippen molar-refractivity contribution < 1.29 is 4.79 Å². The van der Waals surface area contributed by atoms with Crippen LogP contribution in [0, 0.1) is 0 Å². The minimum absolute atomic E-state index is 0.558. The van der Waals surface area contributed by atoms with E-state index in [2.05, 4.69) is 30.0 Å². The molecule has 0 aliphatic rings. The molecule has 116 valence electrons. The highest BCUT2D eigenvalue weighted by Gasteiger charge is 2.09. The van der Waals surface area contributed by atoms with Crippen LogP contribution in [0.15, 0.2) is 41.3 Å². The SMILES string of the molecule is CCN(C)c1ccc(Cc2ccc(Cl)c(Cl)c2)cc1SC=O. The van der Waals surface area contributed by atoms with Gasteiger partial charge in [0.2, 0.25) is 0 Å². The number of nitrogens with zero attached hydrogens (tertiary/aromatic N) is 1. The van der Waals surface area contributed by atoms with Gasteiger partial charge in [-0.15, -0.1) is 0 Å². The Morgan fingerprint density at radius 3 is 2.41 bits per heavy atom. The molecule has 0 fully saturated rings. The van der Waals surface area contributed by atoms with E-state index in [0.29, 0.717) is 10.0 Å². The second-order valence-corrected chi connectivity index (χ2v) is 6.64. The third kappa shape index (κ3) is 4.19. The molecule has 2 aromatic rings. The molecule has 0 unspecified atom stereocenters. The van der Waals surface area contributed by atoms with Crippen molar-refractivity contribution in [3.8, 4) is 0 Å². The molecule has 0 saturated heterocycles. The van der Waals surface area contributed by atoms with E-state index in [1.54, 1.807) is 6.07 Å². The summed E-state index contributed by atoms with van der Waals surface area (Å²) in [7, 11) is 2.02. The van der Waals surface area contributed by atoms with Crippen LogP contribution in [0.4, 0.5) is 5.69 Å². The molecule has 0 saturated carbocycles. The molecule has 0 aliphatic heterocycles. The number of halogens is 2. The number of rotatable bonds is 6. The molecule has 22 heavy (non-hydrogen) atoms. The highest BCUT2D eigenvalue weighted by Crippen LogP contribution is 2.31. The zero-order chi connectivity index (χ0) is 16.1. The molecule has 0 heterocycles. The van der Waals surface area contributed by atoms with Crippen LogP contribution in [0.3, 0.4) is 0 Å². The van der Waals surface area contributed by atoms with Crippen molar-refractivity contribution in [2.75, 3.05) is 18.5 Å². The van der Waals surface area contributed by atoms with Crippen molar-refractivity contribution in [2.45, 2.75) is 18.2 Å². The summed E-state index contributed by atoms with van der Waals surface area (Å²) in [6, 6.07) is 11.8. The molecule has 0 spiro atoms. The third-order valence-corrected chi connectivity index (χ3v) is 4.89. The first-order valence-corrected chi connectivity index (χ1v) is 8.57. The molecule has 0 atom stereocenters. The average Bonchev–Trinajstić information content (AvgIpc) is 2.51. The van der Waals surface area contributed by atoms with Gasteiger partial charge in [-0.05, 0) is 48.7 Å². The minimum atomic E-state index is 0.558. The highest BCUT2D eigenvalue weighted by atomic mass is 35.5. The van der Waals surface area contributed by atoms with E-state index < -0.39 is 0 Å². The second kappa shape index (κ2) is 7.91. The van der Waals surface area contributed by atoms with E-state index in [1.807, 2.05) is 19.2 Å². The third-order valence-electron chi connectivity index (χ3n) is 3.48. The van der Waals surface area contributed by atoms with Gasteiger partial charge in [0.25, 0.3) is 0 Å². The van der Waals surface area contributed by atoms with Gasteiger partial charge in [0.15, 0.2) is 5.62 Å². The number of hydrogen-bond acceptors (Lipinski definition) is 3. The topological polar surface area (TPSA) is 20.3 Å². The van der Waals surface area contributed by atoms with E-state index in [-0.39, 0.29) is 0 Å². The van der Waals surface area contributed by atoms with Crippen LogP contribution >= 0.6 is 35.0 Å². The molecule has 2 nitrogen and oxygen atoms in total. The van der Waals surface area contributed by atoms with Gasteiger partial charge in [0.1, 0.15) is 0 Å². The van der Waals surface area contributed by atoms with Gasteiger partial charge in [-0.3, -0.25) is 4.79 Å². The lowest BCUT2D eigenvalue weighted by molar-refractivity contribution is 0.570. The Morgan fingerprint density at radius 2 is 1.77 bits per heavy atom. The lowest BCUT2D eigenvalue weighted by atomic mass is 10.0. The first kappa shape index (κ1) is 17.2. The van der Waals surface area contributed by atoms with Crippen molar-refractivity contribution in [1.29, 1.82) is 0 Å². The number of anilines is 1. The number of carbonyl (C=O) groups excluding carboxylic acids is 1. The van der Waals surface area contributed by atoms with Crippen molar-refractivity contribution in [1.82, 2.24) is 0 Å². The van der Waals surface area contributed by atoms with E-state index in [9.17, 15) is 4.79 Å². The summed E-state index contributed by atoms with van der Waals surface area (Å²) in [6.07, 6.45) is 0.749. The fourth-order valence-corrected chi connectivity index (χ4v) is 3.17. The molecule has 0 aromatic heterocycles. The van der Waals surface area contributed by atoms with Gasteiger partial charge in [0.05, 0.1) is 15.7 Å². The molecule has 2 aromatic carbocycles. The van der Waals surface area contributed by atoms with Crippen molar-refractivity contribution in [3.63, 3.8) is 0 Å². The summed E-state index contributed by atoms with van der Waals surface area (Å²) in [5, 5.41) is 1.12. The van der Waals surface area contributed by atoms with E-state index in [1.165, 1.54) is 11.8 Å². The molecular weight excluding hydrogens is 337 g/mol. The van der Waals surface area contributed by atoms with E-state index in [4.69, 9.17) is 23.2 Å². The Kier molecular flexibility index (Phi) is 6.18. The predicted molar refractivity (Wildman–Crippen MR) is 97.3 cm³/mol. The van der Waals surface area contributed by atoms with Crippen LogP contribution in [0.25, 0.3) is 0 Å². The zero-order valence-corrected chi connectivity index (χ0v) is 14.8. The monoisotopic (exact) mass is 353 g/mol. The van der Waals surface area contributed by atoms with Gasteiger partial charge in [0, 0.05) is 18.5 Å². The number of hydrogen-bond donors (Lipinski definition) is 0. The average molecular weight is 354 g/mol. The van der Waals surface area contributed by atoms with Gasteiger partial charge in [-0.2, -0.15) is 0 Å². The summed E-state index contributed by atoms with van der Waals surface area (Å²) in [5.41, 5.74) is 4.16. The maximum atomic E-state index is 10.9. The second-order valence-electron chi connectivity index (χ2n) is 4.96. The summed E-state index contributed by atoms with van der Waals surface area (Å²) >= 11 is 13.2. The van der Waals surface area contributed by atoms with Crippen molar-refractivity contribution >= 4 is 46.3 Å². The normalized spacial score (nSPS) is 10.5. The number of benzene rings is 2. The van der Waals surface area contributed by atoms with Crippen molar-refractivity contribution in [2.24, 2.45) is 0 Å². The van der Waals surface area contributed by atoms with Crippen molar-refractivity contribution in [3.05, 3.63) is 57.6 Å². The molecule has 5 heteroatoms. The smallest absolute Gasteiger partial charge is 0.181 e. The summed E-state index contributed by atoms with van der Waals surface area (Å²) in [5.74, 6) is 0. The summed E-state index contributed by atoms with van der Waals surface area (Å²) in [4.78, 5) is 14.0. The lowest BCUT2D eigenvalue weighted by Gasteiger charge is -2.20. The molecule has 0 amide bonds. The van der Waals surface area contributed by atoms with Gasteiger partial charge < -0.3 is 4.90 Å². The molecule has 2 rings (SSSR count).